The maximum Gasteiger partial charge on any atom is 0.408 e. The predicted octanol–water partition coefficient (Wildman–Crippen LogP) is 5.13. The third kappa shape index (κ3) is 8.78. The fourth-order valence-electron chi connectivity index (χ4n) is 4.12. The Kier molecular flexibility index (Phi) is 11.0. The van der Waals surface area contributed by atoms with Crippen LogP contribution in [0, 0.1) is 0 Å². The van der Waals surface area contributed by atoms with E-state index in [1.165, 1.54) is 4.31 Å². The van der Waals surface area contributed by atoms with Gasteiger partial charge in [-0.25, -0.2) is 17.5 Å². The zero-order chi connectivity index (χ0) is 27.4. The molecule has 0 bridgehead atoms. The van der Waals surface area contributed by atoms with E-state index in [0.717, 1.165) is 16.0 Å². The third-order valence-corrected chi connectivity index (χ3v) is 7.93. The number of phenolic OH excluding ortho intramolecular Hbond substituents is 1. The number of hydrogen-bond acceptors (Lipinski definition) is 5. The molecule has 0 saturated carbocycles. The van der Waals surface area contributed by atoms with Crippen molar-refractivity contribution in [2.45, 2.75) is 39.2 Å². The fourth-order valence-corrected chi connectivity index (χ4v) is 5.75. The summed E-state index contributed by atoms with van der Waals surface area (Å²) in [6.45, 7) is 2.65. The Morgan fingerprint density at radius 2 is 1.50 bits per heavy atom. The summed E-state index contributed by atoms with van der Waals surface area (Å²) in [6.07, 6.45) is 0.745. The van der Waals surface area contributed by atoms with E-state index in [-0.39, 0.29) is 31.8 Å². The Balaban J connectivity index is 1.62. The zero-order valence-corrected chi connectivity index (χ0v) is 22.5. The van der Waals surface area contributed by atoms with Crippen molar-refractivity contribution < 1.29 is 28.2 Å². The van der Waals surface area contributed by atoms with Crippen LogP contribution in [-0.4, -0.2) is 59.4 Å². The van der Waals surface area contributed by atoms with Crippen LogP contribution >= 0.6 is 0 Å². The molecule has 0 aliphatic heterocycles. The Bertz CT molecular complexity index is 1250. The molecule has 0 aromatic heterocycles. The molecular weight excluding hydrogens is 504 g/mol. The van der Waals surface area contributed by atoms with E-state index in [2.05, 4.69) is 0 Å². The van der Waals surface area contributed by atoms with Crippen LogP contribution in [-0.2, 0) is 29.5 Å². The van der Waals surface area contributed by atoms with Gasteiger partial charge in [-0.2, -0.15) is 0 Å². The summed E-state index contributed by atoms with van der Waals surface area (Å²) in [7, 11) is -3.90. The van der Waals surface area contributed by atoms with Crippen LogP contribution in [0.4, 0.5) is 4.79 Å². The normalized spacial score (nSPS) is 11.4. The Morgan fingerprint density at radius 1 is 0.842 bits per heavy atom. The predicted molar refractivity (Wildman–Crippen MR) is 148 cm³/mol. The highest BCUT2D eigenvalue weighted by Gasteiger charge is 2.27. The number of rotatable bonds is 15. The first-order chi connectivity index (χ1) is 18.3. The molecule has 3 aromatic carbocycles. The zero-order valence-electron chi connectivity index (χ0n) is 21.7. The summed E-state index contributed by atoms with van der Waals surface area (Å²) in [5, 5.41) is 20.4. The summed E-state index contributed by atoms with van der Waals surface area (Å²) in [5.74, 6) is -0.305. The summed E-state index contributed by atoms with van der Waals surface area (Å²) >= 11 is 0. The molecule has 0 aliphatic rings. The Hall–Kier alpha value is -3.56. The molecule has 3 rings (SSSR count). The van der Waals surface area contributed by atoms with E-state index in [1.807, 2.05) is 67.6 Å². The first kappa shape index (κ1) is 29.0. The van der Waals surface area contributed by atoms with Gasteiger partial charge in [0.15, 0.2) is 11.5 Å². The molecular formula is C29H36N2O6S. The van der Waals surface area contributed by atoms with E-state index < -0.39 is 22.0 Å². The Labute approximate surface area is 225 Å². The number of para-hydroxylation sites is 1. The molecule has 0 heterocycles. The number of aryl methyl sites for hydroxylation is 1. The Morgan fingerprint density at radius 3 is 2.13 bits per heavy atom. The molecule has 0 aliphatic carbocycles. The second kappa shape index (κ2) is 14.4. The van der Waals surface area contributed by atoms with Gasteiger partial charge >= 0.3 is 6.09 Å². The number of hydrogen-bond donors (Lipinski definition) is 2. The van der Waals surface area contributed by atoms with Crippen molar-refractivity contribution in [3.63, 3.8) is 0 Å². The summed E-state index contributed by atoms with van der Waals surface area (Å²) < 4.78 is 33.6. The van der Waals surface area contributed by atoms with Crippen LogP contribution in [0.5, 0.6) is 11.5 Å². The number of amides is 1. The van der Waals surface area contributed by atoms with Gasteiger partial charge in [-0.3, -0.25) is 4.90 Å². The standard InChI is InChI=1S/C29H36N2O6S/c1-2-19-31(38(35,36)23-30(29(33)34)20-10-15-24-11-5-3-6-12-24)21-18-26-16-9-17-27(28(26)32)37-22-25-13-7-4-8-14-25/h3-9,11-14,16-17,32H,2,10,15,18-23H2,1H3,(H,33,34). The van der Waals surface area contributed by atoms with Crippen LogP contribution in [0.3, 0.4) is 0 Å². The van der Waals surface area contributed by atoms with Crippen LogP contribution in [0.1, 0.15) is 36.5 Å². The van der Waals surface area contributed by atoms with Gasteiger partial charge in [-0.1, -0.05) is 79.7 Å². The molecule has 0 radical (unpaired) electrons. The number of aromatic hydroxyl groups is 1. The maximum absolute atomic E-state index is 13.2. The molecule has 38 heavy (non-hydrogen) atoms. The van der Waals surface area contributed by atoms with E-state index in [9.17, 15) is 23.4 Å². The molecule has 0 atom stereocenters. The van der Waals surface area contributed by atoms with E-state index in [4.69, 9.17) is 4.74 Å². The third-order valence-electron chi connectivity index (χ3n) is 6.14. The highest BCUT2D eigenvalue weighted by Crippen LogP contribution is 2.31. The fraction of sp³-hybridized carbons (Fsp3) is 0.345. The molecule has 0 fully saturated rings. The van der Waals surface area contributed by atoms with Crippen LogP contribution in [0.2, 0.25) is 0 Å². The molecule has 1 amide bonds. The molecule has 0 unspecified atom stereocenters. The van der Waals surface area contributed by atoms with Gasteiger partial charge in [-0.05, 0) is 48.4 Å². The lowest BCUT2D eigenvalue weighted by molar-refractivity contribution is 0.151. The van der Waals surface area contributed by atoms with E-state index in [0.29, 0.717) is 37.2 Å². The molecule has 204 valence electrons. The number of benzene rings is 3. The van der Waals surface area contributed by atoms with Crippen molar-refractivity contribution in [1.82, 2.24) is 9.21 Å². The first-order valence-corrected chi connectivity index (χ1v) is 14.4. The van der Waals surface area contributed by atoms with Crippen molar-refractivity contribution in [2.75, 3.05) is 25.5 Å². The van der Waals surface area contributed by atoms with Gasteiger partial charge in [0.1, 0.15) is 12.5 Å². The average Bonchev–Trinajstić information content (AvgIpc) is 2.91. The number of ether oxygens (including phenoxy) is 1. The van der Waals surface area contributed by atoms with Gasteiger partial charge < -0.3 is 14.9 Å². The number of phenols is 1. The summed E-state index contributed by atoms with van der Waals surface area (Å²) in [6, 6.07) is 24.4. The largest absolute Gasteiger partial charge is 0.504 e. The molecule has 3 aromatic rings. The number of nitrogens with zero attached hydrogens (tertiary/aromatic N) is 2. The van der Waals surface area contributed by atoms with Gasteiger partial charge in [-0.15, -0.1) is 0 Å². The van der Waals surface area contributed by atoms with Crippen molar-refractivity contribution in [2.24, 2.45) is 0 Å². The molecule has 2 N–H and O–H groups in total. The SMILES string of the molecule is CCCN(CCc1cccc(OCc2ccccc2)c1O)S(=O)(=O)CN(CCCc1ccccc1)C(=O)O. The highest BCUT2D eigenvalue weighted by molar-refractivity contribution is 7.89. The minimum absolute atomic E-state index is 0.0228. The molecule has 0 saturated heterocycles. The van der Waals surface area contributed by atoms with E-state index >= 15 is 0 Å². The van der Waals surface area contributed by atoms with Gasteiger partial charge in [0.2, 0.25) is 10.0 Å². The number of sulfonamides is 1. The summed E-state index contributed by atoms with van der Waals surface area (Å²) in [4.78, 5) is 12.8. The monoisotopic (exact) mass is 540 g/mol. The quantitative estimate of drug-likeness (QED) is 0.277. The van der Waals surface area contributed by atoms with Crippen LogP contribution < -0.4 is 4.74 Å². The molecule has 0 spiro atoms. The summed E-state index contributed by atoms with van der Waals surface area (Å²) in [5.41, 5.74) is 2.59. The lowest BCUT2D eigenvalue weighted by Crippen LogP contribution is -2.43. The van der Waals surface area contributed by atoms with Crippen molar-refractivity contribution in [3.8, 4) is 11.5 Å². The van der Waals surface area contributed by atoms with Crippen molar-refractivity contribution in [3.05, 3.63) is 95.6 Å². The average molecular weight is 541 g/mol. The second-order valence-electron chi connectivity index (χ2n) is 9.06. The van der Waals surface area contributed by atoms with Crippen LogP contribution in [0.15, 0.2) is 78.9 Å². The van der Waals surface area contributed by atoms with Gasteiger partial charge in [0.25, 0.3) is 0 Å². The number of carbonyl (C=O) groups is 1. The molecule has 8 nitrogen and oxygen atoms in total. The maximum atomic E-state index is 13.2. The molecule has 9 heteroatoms. The topological polar surface area (TPSA) is 107 Å². The van der Waals surface area contributed by atoms with Gasteiger partial charge in [0, 0.05) is 19.6 Å². The lowest BCUT2D eigenvalue weighted by Gasteiger charge is -2.26. The smallest absolute Gasteiger partial charge is 0.408 e. The minimum Gasteiger partial charge on any atom is -0.504 e. The minimum atomic E-state index is -3.90. The number of carboxylic acid groups (broad SMARTS) is 1. The second-order valence-corrected chi connectivity index (χ2v) is 11.0. The van der Waals surface area contributed by atoms with Crippen molar-refractivity contribution in [1.29, 1.82) is 0 Å². The van der Waals surface area contributed by atoms with E-state index in [1.54, 1.807) is 18.2 Å². The van der Waals surface area contributed by atoms with Crippen LogP contribution in [0.25, 0.3) is 0 Å². The highest BCUT2D eigenvalue weighted by atomic mass is 32.2. The lowest BCUT2D eigenvalue weighted by atomic mass is 10.1. The first-order valence-electron chi connectivity index (χ1n) is 12.8. The van der Waals surface area contributed by atoms with Gasteiger partial charge in [0.05, 0.1) is 0 Å². The van der Waals surface area contributed by atoms with Crippen molar-refractivity contribution >= 4 is 16.1 Å².